The number of aryl methyl sites for hydroxylation is 1. The summed E-state index contributed by atoms with van der Waals surface area (Å²) in [6.07, 6.45) is 0.857. The molecule has 0 saturated carbocycles. The lowest BCUT2D eigenvalue weighted by atomic mass is 10.4. The van der Waals surface area contributed by atoms with Crippen LogP contribution in [0.1, 0.15) is 24.7 Å². The van der Waals surface area contributed by atoms with Crippen LogP contribution in [0.5, 0.6) is 0 Å². The van der Waals surface area contributed by atoms with E-state index in [0.717, 1.165) is 12.0 Å². The van der Waals surface area contributed by atoms with Gasteiger partial charge in [0.15, 0.2) is 5.16 Å². The number of hydrogen-bond donors (Lipinski definition) is 1. The zero-order chi connectivity index (χ0) is 14.0. The van der Waals surface area contributed by atoms with Gasteiger partial charge in [0.1, 0.15) is 16.0 Å². The second kappa shape index (κ2) is 5.75. The Morgan fingerprint density at radius 3 is 2.79 bits per heavy atom. The molecule has 8 heteroatoms. The quantitative estimate of drug-likeness (QED) is 0.876. The number of halogens is 1. The van der Waals surface area contributed by atoms with Gasteiger partial charge in [-0.25, -0.2) is 19.9 Å². The Balaban J connectivity index is 2.39. The zero-order valence-electron chi connectivity index (χ0n) is 10.9. The average Bonchev–Trinajstić information content (AvgIpc) is 2.68. The molecule has 1 N–H and O–H groups in total. The molecule has 0 unspecified atom stereocenters. The lowest BCUT2D eigenvalue weighted by Gasteiger charge is -2.07. The van der Waals surface area contributed by atoms with Gasteiger partial charge >= 0.3 is 5.69 Å². The van der Waals surface area contributed by atoms with Crippen molar-refractivity contribution in [2.45, 2.75) is 43.9 Å². The van der Waals surface area contributed by atoms with Gasteiger partial charge < -0.3 is 0 Å². The molecule has 0 spiro atoms. The first-order valence-corrected chi connectivity index (χ1v) is 7.06. The third-order valence-electron chi connectivity index (χ3n) is 2.51. The predicted molar refractivity (Wildman–Crippen MR) is 73.8 cm³/mol. The standard InChI is InChI=1S/C11H14ClN5OS/c1-4-5-17-10(18)15-16-11(17)19-9-6(2)8(12)13-7(3)14-9/h4-5H2,1-3H3,(H,15,18). The molecular weight excluding hydrogens is 286 g/mol. The van der Waals surface area contributed by atoms with Crippen molar-refractivity contribution in [1.29, 1.82) is 0 Å². The van der Waals surface area contributed by atoms with Crippen molar-refractivity contribution >= 4 is 23.4 Å². The lowest BCUT2D eigenvalue weighted by Crippen LogP contribution is -2.17. The van der Waals surface area contributed by atoms with E-state index in [-0.39, 0.29) is 5.69 Å². The monoisotopic (exact) mass is 299 g/mol. The second-order valence-corrected chi connectivity index (χ2v) is 5.37. The molecule has 0 aliphatic rings. The molecule has 2 heterocycles. The number of hydrogen-bond acceptors (Lipinski definition) is 5. The van der Waals surface area contributed by atoms with Gasteiger partial charge in [-0.05, 0) is 32.0 Å². The van der Waals surface area contributed by atoms with Crippen molar-refractivity contribution in [2.75, 3.05) is 0 Å². The van der Waals surface area contributed by atoms with Crippen molar-refractivity contribution < 1.29 is 0 Å². The van der Waals surface area contributed by atoms with E-state index < -0.39 is 0 Å². The van der Waals surface area contributed by atoms with E-state index in [2.05, 4.69) is 20.2 Å². The van der Waals surface area contributed by atoms with Gasteiger partial charge in [0.05, 0.1) is 0 Å². The zero-order valence-corrected chi connectivity index (χ0v) is 12.5. The van der Waals surface area contributed by atoms with E-state index in [1.165, 1.54) is 11.8 Å². The molecule has 0 bridgehead atoms. The van der Waals surface area contributed by atoms with Crippen LogP contribution in [0.15, 0.2) is 15.0 Å². The number of H-pyrrole nitrogens is 1. The molecule has 6 nitrogen and oxygen atoms in total. The summed E-state index contributed by atoms with van der Waals surface area (Å²) >= 11 is 7.35. The fourth-order valence-corrected chi connectivity index (χ4v) is 2.80. The fourth-order valence-electron chi connectivity index (χ4n) is 1.56. The molecule has 0 radical (unpaired) electrons. The fraction of sp³-hybridized carbons (Fsp3) is 0.455. The SMILES string of the molecule is CCCn1c(Sc2nc(C)nc(Cl)c2C)n[nH]c1=O. The van der Waals surface area contributed by atoms with Gasteiger partial charge in [-0.15, -0.1) is 5.10 Å². The molecule has 19 heavy (non-hydrogen) atoms. The maximum Gasteiger partial charge on any atom is 0.343 e. The third-order valence-corrected chi connectivity index (χ3v) is 3.97. The van der Waals surface area contributed by atoms with E-state index in [9.17, 15) is 4.79 Å². The summed E-state index contributed by atoms with van der Waals surface area (Å²) in [6.45, 7) is 6.25. The van der Waals surface area contributed by atoms with Crippen molar-refractivity contribution in [2.24, 2.45) is 0 Å². The Labute approximate surface area is 119 Å². The van der Waals surface area contributed by atoms with Gasteiger partial charge in [0, 0.05) is 12.1 Å². The smallest absolute Gasteiger partial charge is 0.270 e. The first-order chi connectivity index (χ1) is 9.02. The van der Waals surface area contributed by atoms with Gasteiger partial charge in [0.2, 0.25) is 0 Å². The number of nitrogens with zero attached hydrogens (tertiary/aromatic N) is 4. The number of nitrogens with one attached hydrogen (secondary N) is 1. The maximum atomic E-state index is 11.6. The molecule has 0 saturated heterocycles. The molecule has 102 valence electrons. The van der Waals surface area contributed by atoms with Gasteiger partial charge in [-0.3, -0.25) is 4.57 Å². The molecular formula is C11H14ClN5OS. The minimum atomic E-state index is -0.209. The van der Waals surface area contributed by atoms with Crippen LogP contribution in [0, 0.1) is 13.8 Å². The van der Waals surface area contributed by atoms with E-state index in [1.54, 1.807) is 11.5 Å². The Bertz CT molecular complexity index is 651. The average molecular weight is 300 g/mol. The maximum absolute atomic E-state index is 11.6. The Hall–Kier alpha value is -1.34. The van der Waals surface area contributed by atoms with E-state index >= 15 is 0 Å². The minimum absolute atomic E-state index is 0.209. The number of aromatic amines is 1. The summed E-state index contributed by atoms with van der Waals surface area (Å²) in [5.74, 6) is 0.595. The minimum Gasteiger partial charge on any atom is -0.270 e. The van der Waals surface area contributed by atoms with E-state index in [0.29, 0.717) is 27.7 Å². The van der Waals surface area contributed by atoms with Crippen molar-refractivity contribution in [3.8, 4) is 0 Å². The van der Waals surface area contributed by atoms with Gasteiger partial charge in [-0.2, -0.15) is 0 Å². The molecule has 0 amide bonds. The molecule has 0 atom stereocenters. The van der Waals surface area contributed by atoms with Crippen LogP contribution in [0.2, 0.25) is 5.15 Å². The van der Waals surface area contributed by atoms with Gasteiger partial charge in [0.25, 0.3) is 0 Å². The summed E-state index contributed by atoms with van der Waals surface area (Å²) in [7, 11) is 0. The van der Waals surface area contributed by atoms with Gasteiger partial charge in [-0.1, -0.05) is 18.5 Å². The molecule has 0 aliphatic carbocycles. The lowest BCUT2D eigenvalue weighted by molar-refractivity contribution is 0.603. The van der Waals surface area contributed by atoms with Crippen LogP contribution >= 0.6 is 23.4 Å². The van der Waals surface area contributed by atoms with E-state index in [4.69, 9.17) is 11.6 Å². The van der Waals surface area contributed by atoms with Crippen LogP contribution in [0.3, 0.4) is 0 Å². The Morgan fingerprint density at radius 2 is 2.11 bits per heavy atom. The normalized spacial score (nSPS) is 10.9. The predicted octanol–water partition coefficient (Wildman–Crippen LogP) is 2.19. The summed E-state index contributed by atoms with van der Waals surface area (Å²) in [4.78, 5) is 20.0. The molecule has 2 rings (SSSR count). The summed E-state index contributed by atoms with van der Waals surface area (Å²) < 4.78 is 1.59. The Morgan fingerprint density at radius 1 is 1.37 bits per heavy atom. The van der Waals surface area contributed by atoms with Crippen molar-refractivity contribution in [3.63, 3.8) is 0 Å². The highest BCUT2D eigenvalue weighted by Crippen LogP contribution is 2.29. The highest BCUT2D eigenvalue weighted by atomic mass is 35.5. The van der Waals surface area contributed by atoms with Crippen LogP contribution < -0.4 is 5.69 Å². The second-order valence-electron chi connectivity index (χ2n) is 4.06. The number of aromatic nitrogens is 5. The highest BCUT2D eigenvalue weighted by Gasteiger charge is 2.14. The van der Waals surface area contributed by atoms with Crippen molar-refractivity contribution in [1.82, 2.24) is 24.7 Å². The molecule has 0 fully saturated rings. The van der Waals surface area contributed by atoms with Crippen molar-refractivity contribution in [3.05, 3.63) is 27.0 Å². The summed E-state index contributed by atoms with van der Waals surface area (Å²) in [6, 6.07) is 0. The molecule has 2 aromatic rings. The first kappa shape index (κ1) is 14.1. The first-order valence-electron chi connectivity index (χ1n) is 5.86. The molecule has 0 aliphatic heterocycles. The third kappa shape index (κ3) is 2.98. The van der Waals surface area contributed by atoms with Crippen LogP contribution in [-0.2, 0) is 6.54 Å². The molecule has 2 aromatic heterocycles. The highest BCUT2D eigenvalue weighted by molar-refractivity contribution is 7.99. The van der Waals surface area contributed by atoms with Crippen LogP contribution in [-0.4, -0.2) is 24.7 Å². The topological polar surface area (TPSA) is 76.5 Å². The number of rotatable bonds is 4. The van der Waals surface area contributed by atoms with Crippen LogP contribution in [0.25, 0.3) is 0 Å². The summed E-state index contributed by atoms with van der Waals surface area (Å²) in [5.41, 5.74) is 0.578. The molecule has 0 aromatic carbocycles. The van der Waals surface area contributed by atoms with Crippen LogP contribution in [0.4, 0.5) is 0 Å². The summed E-state index contributed by atoms with van der Waals surface area (Å²) in [5, 5.41) is 8.20. The largest absolute Gasteiger partial charge is 0.343 e. The Kier molecular flexibility index (Phi) is 4.26. The van der Waals surface area contributed by atoms with E-state index in [1.807, 2.05) is 13.8 Å².